The van der Waals surface area contributed by atoms with Crippen LogP contribution in [0.2, 0.25) is 0 Å². The van der Waals surface area contributed by atoms with E-state index in [1.165, 1.54) is 5.56 Å². The van der Waals surface area contributed by atoms with Gasteiger partial charge in [-0.15, -0.1) is 0 Å². The number of hydrogen-bond donors (Lipinski definition) is 0. The van der Waals surface area contributed by atoms with E-state index < -0.39 is 0 Å². The lowest BCUT2D eigenvalue weighted by Gasteiger charge is -2.22. The monoisotopic (exact) mass is 424 g/mol. The molecular formula is C27H28N4O. The number of para-hydroxylation sites is 1. The molecule has 1 aromatic heterocycles. The van der Waals surface area contributed by atoms with Crippen molar-refractivity contribution in [3.63, 3.8) is 0 Å². The summed E-state index contributed by atoms with van der Waals surface area (Å²) < 4.78 is 2.14. The van der Waals surface area contributed by atoms with E-state index in [1.54, 1.807) is 0 Å². The molecule has 5 nitrogen and oxygen atoms in total. The summed E-state index contributed by atoms with van der Waals surface area (Å²) in [5.41, 5.74) is 5.00. The Labute approximate surface area is 188 Å². The van der Waals surface area contributed by atoms with Gasteiger partial charge in [-0.3, -0.25) is 14.3 Å². The fourth-order valence-corrected chi connectivity index (χ4v) is 4.59. The summed E-state index contributed by atoms with van der Waals surface area (Å²) in [6.07, 6.45) is 0.989. The molecule has 32 heavy (non-hydrogen) atoms. The Balaban J connectivity index is 1.32. The minimum Gasteiger partial charge on any atom is -0.337 e. The molecule has 0 saturated carbocycles. The maximum Gasteiger partial charge on any atom is 0.253 e. The average Bonchev–Trinajstić information content (AvgIpc) is 2.98. The number of rotatable bonds is 4. The molecule has 1 amide bonds. The van der Waals surface area contributed by atoms with Gasteiger partial charge in [0.25, 0.3) is 5.91 Å². The molecule has 0 aliphatic carbocycles. The number of aromatic nitrogens is 2. The van der Waals surface area contributed by atoms with Crippen molar-refractivity contribution in [2.75, 3.05) is 26.2 Å². The number of amides is 1. The van der Waals surface area contributed by atoms with Gasteiger partial charge in [0.2, 0.25) is 0 Å². The molecule has 0 N–H and O–H groups in total. The minimum atomic E-state index is 0.0976. The first-order valence-electron chi connectivity index (χ1n) is 11.3. The number of nitrogens with zero attached hydrogens (tertiary/aromatic N) is 4. The highest BCUT2D eigenvalue weighted by atomic mass is 16.2. The minimum absolute atomic E-state index is 0.0976. The molecule has 1 saturated heterocycles. The normalized spacial score (nSPS) is 15.1. The molecule has 1 aliphatic rings. The molecule has 1 fully saturated rings. The average molecular weight is 425 g/mol. The quantitative estimate of drug-likeness (QED) is 0.478. The van der Waals surface area contributed by atoms with Crippen molar-refractivity contribution in [3.8, 4) is 5.69 Å². The summed E-state index contributed by atoms with van der Waals surface area (Å²) in [5, 5.41) is 0. The number of imidazole rings is 1. The summed E-state index contributed by atoms with van der Waals surface area (Å²) in [7, 11) is 0. The molecule has 162 valence electrons. The molecule has 0 unspecified atom stereocenters. The van der Waals surface area contributed by atoms with Crippen LogP contribution in [-0.4, -0.2) is 51.4 Å². The van der Waals surface area contributed by atoms with Crippen LogP contribution in [0.5, 0.6) is 0 Å². The van der Waals surface area contributed by atoms with Gasteiger partial charge < -0.3 is 4.90 Å². The van der Waals surface area contributed by atoms with Gasteiger partial charge in [0, 0.05) is 44.0 Å². The highest BCUT2D eigenvalue weighted by Gasteiger charge is 2.21. The van der Waals surface area contributed by atoms with E-state index in [-0.39, 0.29) is 5.91 Å². The third kappa shape index (κ3) is 4.16. The van der Waals surface area contributed by atoms with Crippen LogP contribution in [0.4, 0.5) is 0 Å². The van der Waals surface area contributed by atoms with Crippen LogP contribution in [0.3, 0.4) is 0 Å². The zero-order valence-electron chi connectivity index (χ0n) is 18.4. The fourth-order valence-electron chi connectivity index (χ4n) is 4.59. The Morgan fingerprint density at radius 1 is 0.875 bits per heavy atom. The van der Waals surface area contributed by atoms with Crippen LogP contribution < -0.4 is 0 Å². The van der Waals surface area contributed by atoms with Gasteiger partial charge >= 0.3 is 0 Å². The van der Waals surface area contributed by atoms with Crippen molar-refractivity contribution >= 4 is 16.9 Å². The Kier molecular flexibility index (Phi) is 5.73. The third-order valence-electron chi connectivity index (χ3n) is 6.21. The summed E-state index contributed by atoms with van der Waals surface area (Å²) in [6, 6.07) is 26.7. The zero-order valence-corrected chi connectivity index (χ0v) is 18.4. The largest absolute Gasteiger partial charge is 0.337 e. The Morgan fingerprint density at radius 2 is 1.62 bits per heavy atom. The predicted molar refractivity (Wildman–Crippen MR) is 128 cm³/mol. The van der Waals surface area contributed by atoms with E-state index in [0.717, 1.165) is 61.7 Å². The first kappa shape index (κ1) is 20.5. The standard InChI is InChI=1S/C27H28N4O/c1-21-28-25-19-23(13-14-26(25)31(21)24-11-6-3-7-12-24)27(32)30-16-8-15-29(17-18-30)20-22-9-4-2-5-10-22/h2-7,9-14,19H,8,15-18,20H2,1H3. The van der Waals surface area contributed by atoms with Crippen molar-refractivity contribution in [1.29, 1.82) is 0 Å². The number of carbonyl (C=O) groups excluding carboxylic acids is 1. The molecule has 5 heteroatoms. The topological polar surface area (TPSA) is 41.4 Å². The molecule has 0 bridgehead atoms. The highest BCUT2D eigenvalue weighted by Crippen LogP contribution is 2.23. The second-order valence-corrected chi connectivity index (χ2v) is 8.44. The van der Waals surface area contributed by atoms with Crippen LogP contribution in [0.25, 0.3) is 16.7 Å². The Hall–Kier alpha value is -3.44. The summed E-state index contributed by atoms with van der Waals surface area (Å²) in [6.45, 7) is 6.39. The third-order valence-corrected chi connectivity index (χ3v) is 6.21. The van der Waals surface area contributed by atoms with E-state index in [9.17, 15) is 4.79 Å². The molecule has 0 atom stereocenters. The molecule has 4 aromatic rings. The van der Waals surface area contributed by atoms with Crippen molar-refractivity contribution in [2.24, 2.45) is 0 Å². The first-order valence-corrected chi connectivity index (χ1v) is 11.3. The van der Waals surface area contributed by atoms with Gasteiger partial charge in [0.05, 0.1) is 11.0 Å². The molecule has 2 heterocycles. The van der Waals surface area contributed by atoms with Gasteiger partial charge in [-0.2, -0.15) is 0 Å². The fraction of sp³-hybridized carbons (Fsp3) is 0.259. The van der Waals surface area contributed by atoms with E-state index in [4.69, 9.17) is 4.98 Å². The van der Waals surface area contributed by atoms with Crippen molar-refractivity contribution in [2.45, 2.75) is 19.9 Å². The van der Waals surface area contributed by atoms with E-state index >= 15 is 0 Å². The van der Waals surface area contributed by atoms with Crippen LogP contribution in [0.15, 0.2) is 78.9 Å². The maximum atomic E-state index is 13.3. The number of aryl methyl sites for hydroxylation is 1. The number of fused-ring (bicyclic) bond motifs is 1. The van der Waals surface area contributed by atoms with Crippen LogP contribution in [0.1, 0.15) is 28.2 Å². The summed E-state index contributed by atoms with van der Waals surface area (Å²) in [5.74, 6) is 1.02. The first-order chi connectivity index (χ1) is 15.7. The molecule has 3 aromatic carbocycles. The van der Waals surface area contributed by atoms with Gasteiger partial charge in [-0.05, 0) is 49.2 Å². The molecule has 0 radical (unpaired) electrons. The lowest BCUT2D eigenvalue weighted by atomic mass is 10.1. The Bertz CT molecular complexity index is 1220. The maximum absolute atomic E-state index is 13.3. The van der Waals surface area contributed by atoms with Gasteiger partial charge in [-0.1, -0.05) is 48.5 Å². The van der Waals surface area contributed by atoms with Crippen molar-refractivity contribution in [1.82, 2.24) is 19.4 Å². The smallest absolute Gasteiger partial charge is 0.253 e. The number of benzene rings is 3. The molecule has 5 rings (SSSR count). The van der Waals surface area contributed by atoms with Gasteiger partial charge in [-0.25, -0.2) is 4.98 Å². The van der Waals surface area contributed by atoms with Gasteiger partial charge in [0.15, 0.2) is 0 Å². The SMILES string of the molecule is Cc1nc2cc(C(=O)N3CCCN(Cc4ccccc4)CC3)ccc2n1-c1ccccc1. The zero-order chi connectivity index (χ0) is 21.9. The van der Waals surface area contributed by atoms with Crippen molar-refractivity contribution in [3.05, 3.63) is 95.8 Å². The highest BCUT2D eigenvalue weighted by molar-refractivity contribution is 5.97. The lowest BCUT2D eigenvalue weighted by molar-refractivity contribution is 0.0761. The number of carbonyl (C=O) groups is 1. The second kappa shape index (κ2) is 8.97. The summed E-state index contributed by atoms with van der Waals surface area (Å²) in [4.78, 5) is 22.5. The van der Waals surface area contributed by atoms with Gasteiger partial charge in [0.1, 0.15) is 5.82 Å². The van der Waals surface area contributed by atoms with Crippen LogP contribution >= 0.6 is 0 Å². The van der Waals surface area contributed by atoms with Crippen LogP contribution in [0, 0.1) is 6.92 Å². The second-order valence-electron chi connectivity index (χ2n) is 8.44. The van der Waals surface area contributed by atoms with E-state index in [0.29, 0.717) is 5.56 Å². The number of hydrogen-bond acceptors (Lipinski definition) is 3. The molecule has 1 aliphatic heterocycles. The predicted octanol–water partition coefficient (Wildman–Crippen LogP) is 4.68. The molecule has 0 spiro atoms. The molecular weight excluding hydrogens is 396 g/mol. The van der Waals surface area contributed by atoms with E-state index in [2.05, 4.69) is 45.9 Å². The van der Waals surface area contributed by atoms with E-state index in [1.807, 2.05) is 54.3 Å². The Morgan fingerprint density at radius 3 is 2.41 bits per heavy atom. The lowest BCUT2D eigenvalue weighted by Crippen LogP contribution is -2.35. The summed E-state index contributed by atoms with van der Waals surface area (Å²) >= 11 is 0. The van der Waals surface area contributed by atoms with Crippen molar-refractivity contribution < 1.29 is 4.79 Å². The van der Waals surface area contributed by atoms with Crippen LogP contribution in [-0.2, 0) is 6.54 Å².